The Bertz CT molecular complexity index is 944. The molecule has 1 nitrogen and oxygen atoms in total. The lowest BCUT2D eigenvalue weighted by Crippen LogP contribution is -2.10. The molecule has 0 N–H and O–H groups in total. The van der Waals surface area contributed by atoms with Gasteiger partial charge in [-0.15, -0.1) is 0 Å². The van der Waals surface area contributed by atoms with E-state index in [0.717, 1.165) is 6.42 Å². The quantitative estimate of drug-likeness (QED) is 0.502. The predicted octanol–water partition coefficient (Wildman–Crippen LogP) is 6.40. The van der Waals surface area contributed by atoms with Gasteiger partial charge in [0.05, 0.1) is 13.2 Å². The Morgan fingerprint density at radius 1 is 0.800 bits per heavy atom. The first kappa shape index (κ1) is 16.4. The van der Waals surface area contributed by atoms with Gasteiger partial charge >= 0.3 is 0 Å². The van der Waals surface area contributed by atoms with Gasteiger partial charge in [-0.25, -0.2) is 0 Å². The Balaban J connectivity index is 1.90. The molecule has 1 aliphatic heterocycles. The monoisotopic (exact) mass is 330 g/mol. The van der Waals surface area contributed by atoms with Gasteiger partial charge in [0.1, 0.15) is 0 Å². The number of hydrogen-bond donors (Lipinski definition) is 0. The van der Waals surface area contributed by atoms with Crippen molar-refractivity contribution in [2.75, 3.05) is 0 Å². The molecule has 0 aliphatic carbocycles. The fourth-order valence-electron chi connectivity index (χ4n) is 3.70. The Morgan fingerprint density at radius 3 is 2.28 bits per heavy atom. The molecule has 0 aromatic heterocycles. The van der Waals surface area contributed by atoms with Gasteiger partial charge in [-0.2, -0.15) is 0 Å². The molecule has 0 atom stereocenters. The molecule has 0 bridgehead atoms. The summed E-state index contributed by atoms with van der Waals surface area (Å²) in [6, 6.07) is 18.4. The lowest BCUT2D eigenvalue weighted by molar-refractivity contribution is 0.110. The van der Waals surface area contributed by atoms with E-state index < -0.39 is 0 Å². The maximum atomic E-state index is 5.99. The molecule has 1 heteroatoms. The Labute approximate surface area is 150 Å². The van der Waals surface area contributed by atoms with Crippen molar-refractivity contribution < 1.29 is 4.74 Å². The van der Waals surface area contributed by atoms with Gasteiger partial charge in [-0.1, -0.05) is 64.1 Å². The Kier molecular flexibility index (Phi) is 3.92. The van der Waals surface area contributed by atoms with Crippen molar-refractivity contribution in [2.24, 2.45) is 0 Å². The van der Waals surface area contributed by atoms with Crippen molar-refractivity contribution in [3.63, 3.8) is 0 Å². The number of aryl methyl sites for hydroxylation is 1. The van der Waals surface area contributed by atoms with Crippen LogP contribution < -0.4 is 0 Å². The van der Waals surface area contributed by atoms with Crippen LogP contribution in [0.5, 0.6) is 0 Å². The van der Waals surface area contributed by atoms with Crippen molar-refractivity contribution in [3.8, 4) is 11.1 Å². The molecular weight excluding hydrogens is 304 g/mol. The maximum Gasteiger partial charge on any atom is 0.0727 e. The fourth-order valence-corrected chi connectivity index (χ4v) is 3.70. The molecular formula is C24H26O. The summed E-state index contributed by atoms with van der Waals surface area (Å²) in [4.78, 5) is 0. The van der Waals surface area contributed by atoms with Gasteiger partial charge < -0.3 is 4.74 Å². The van der Waals surface area contributed by atoms with Crippen molar-refractivity contribution in [1.29, 1.82) is 0 Å². The van der Waals surface area contributed by atoms with Crippen LogP contribution in [0, 0.1) is 0 Å². The van der Waals surface area contributed by atoms with Crippen LogP contribution in [0.2, 0.25) is 0 Å². The van der Waals surface area contributed by atoms with E-state index in [4.69, 9.17) is 4.74 Å². The molecule has 0 fully saturated rings. The van der Waals surface area contributed by atoms with Crippen LogP contribution in [-0.4, -0.2) is 0 Å². The second kappa shape index (κ2) is 6.00. The maximum absolute atomic E-state index is 5.99. The van der Waals surface area contributed by atoms with Crippen LogP contribution in [0.3, 0.4) is 0 Å². The van der Waals surface area contributed by atoms with Crippen molar-refractivity contribution in [2.45, 2.75) is 52.7 Å². The molecule has 1 aliphatic rings. The van der Waals surface area contributed by atoms with E-state index in [-0.39, 0.29) is 5.41 Å². The summed E-state index contributed by atoms with van der Waals surface area (Å²) in [7, 11) is 0. The standard InChI is InChI=1S/C24H26O/c1-5-16-6-9-22-19(10-16)14-25-15-20-11-18-12-21(24(2,3)4)8-7-17(18)13-23(20)22/h6-13H,5,14-15H2,1-4H3. The first-order valence-electron chi connectivity index (χ1n) is 9.23. The number of rotatable bonds is 1. The fraction of sp³-hybridized carbons (Fsp3) is 0.333. The van der Waals surface area contributed by atoms with Crippen molar-refractivity contribution in [1.82, 2.24) is 0 Å². The van der Waals surface area contributed by atoms with Gasteiger partial charge in [-0.05, 0) is 68.1 Å². The van der Waals surface area contributed by atoms with Crippen LogP contribution >= 0.6 is 0 Å². The first-order chi connectivity index (χ1) is 12.0. The molecule has 25 heavy (non-hydrogen) atoms. The molecule has 4 rings (SSSR count). The van der Waals surface area contributed by atoms with Crippen LogP contribution in [0.1, 0.15) is 49.9 Å². The lowest BCUT2D eigenvalue weighted by Gasteiger charge is -2.20. The third kappa shape index (κ3) is 2.98. The topological polar surface area (TPSA) is 9.23 Å². The highest BCUT2D eigenvalue weighted by atomic mass is 16.5. The summed E-state index contributed by atoms with van der Waals surface area (Å²) in [5.74, 6) is 0. The Hall–Kier alpha value is -2.12. The average Bonchev–Trinajstić information content (AvgIpc) is 2.76. The van der Waals surface area contributed by atoms with Crippen molar-refractivity contribution in [3.05, 3.63) is 70.8 Å². The van der Waals surface area contributed by atoms with Gasteiger partial charge in [0.15, 0.2) is 0 Å². The molecule has 0 radical (unpaired) electrons. The van der Waals surface area contributed by atoms with E-state index in [1.807, 2.05) is 0 Å². The normalized spacial score (nSPS) is 14.1. The second-order valence-corrected chi connectivity index (χ2v) is 8.16. The molecule has 0 spiro atoms. The zero-order chi connectivity index (χ0) is 17.6. The van der Waals surface area contributed by atoms with Crippen LogP contribution in [0.15, 0.2) is 48.5 Å². The molecule has 0 saturated carbocycles. The highest BCUT2D eigenvalue weighted by Crippen LogP contribution is 2.36. The summed E-state index contributed by atoms with van der Waals surface area (Å²) < 4.78 is 5.99. The second-order valence-electron chi connectivity index (χ2n) is 8.16. The number of ether oxygens (including phenoxy) is 1. The van der Waals surface area contributed by atoms with Crippen LogP contribution in [-0.2, 0) is 29.8 Å². The highest BCUT2D eigenvalue weighted by molar-refractivity contribution is 5.90. The van der Waals surface area contributed by atoms with Gasteiger partial charge in [-0.3, -0.25) is 0 Å². The van der Waals surface area contributed by atoms with E-state index in [1.54, 1.807) is 0 Å². The number of benzene rings is 3. The molecule has 0 unspecified atom stereocenters. The predicted molar refractivity (Wildman–Crippen MR) is 106 cm³/mol. The summed E-state index contributed by atoms with van der Waals surface area (Å²) in [6.07, 6.45) is 1.06. The summed E-state index contributed by atoms with van der Waals surface area (Å²) in [5, 5.41) is 2.61. The van der Waals surface area contributed by atoms with Crippen LogP contribution in [0.25, 0.3) is 21.9 Å². The minimum Gasteiger partial charge on any atom is -0.372 e. The summed E-state index contributed by atoms with van der Waals surface area (Å²) in [6.45, 7) is 10.4. The first-order valence-corrected chi connectivity index (χ1v) is 9.23. The Morgan fingerprint density at radius 2 is 1.56 bits per heavy atom. The molecule has 0 saturated heterocycles. The minimum absolute atomic E-state index is 0.167. The van der Waals surface area contributed by atoms with E-state index in [9.17, 15) is 0 Å². The summed E-state index contributed by atoms with van der Waals surface area (Å²) in [5.41, 5.74) is 8.17. The molecule has 3 aromatic carbocycles. The van der Waals surface area contributed by atoms with E-state index in [1.165, 1.54) is 44.2 Å². The van der Waals surface area contributed by atoms with Gasteiger partial charge in [0, 0.05) is 0 Å². The molecule has 1 heterocycles. The average molecular weight is 330 g/mol. The minimum atomic E-state index is 0.167. The molecule has 128 valence electrons. The zero-order valence-corrected chi connectivity index (χ0v) is 15.6. The zero-order valence-electron chi connectivity index (χ0n) is 15.6. The van der Waals surface area contributed by atoms with E-state index >= 15 is 0 Å². The third-order valence-corrected chi connectivity index (χ3v) is 5.31. The van der Waals surface area contributed by atoms with Gasteiger partial charge in [0.25, 0.3) is 0 Å². The summed E-state index contributed by atoms with van der Waals surface area (Å²) >= 11 is 0. The third-order valence-electron chi connectivity index (χ3n) is 5.31. The van der Waals surface area contributed by atoms with E-state index in [0.29, 0.717) is 13.2 Å². The molecule has 0 amide bonds. The largest absolute Gasteiger partial charge is 0.372 e. The van der Waals surface area contributed by atoms with Gasteiger partial charge in [0.2, 0.25) is 0 Å². The molecule has 3 aromatic rings. The van der Waals surface area contributed by atoms with Crippen molar-refractivity contribution >= 4 is 10.8 Å². The lowest BCUT2D eigenvalue weighted by atomic mass is 9.85. The van der Waals surface area contributed by atoms with Crippen LogP contribution in [0.4, 0.5) is 0 Å². The van der Waals surface area contributed by atoms with E-state index in [2.05, 4.69) is 76.2 Å². The number of fused-ring (bicyclic) bond motifs is 4. The SMILES string of the molecule is CCc1ccc2c(c1)COCc1cc3cc(C(C)(C)C)ccc3cc1-2. The number of hydrogen-bond acceptors (Lipinski definition) is 1. The smallest absolute Gasteiger partial charge is 0.0727 e. The highest BCUT2D eigenvalue weighted by Gasteiger charge is 2.18.